The Labute approximate surface area is 130 Å². The van der Waals surface area contributed by atoms with Crippen LogP contribution >= 0.6 is 0 Å². The smallest absolute Gasteiger partial charge is 0.0572 e. The van der Waals surface area contributed by atoms with Gasteiger partial charge in [0.25, 0.3) is 0 Å². The largest absolute Gasteiger partial charge is 0.381 e. The van der Waals surface area contributed by atoms with Gasteiger partial charge in [-0.15, -0.1) is 0 Å². The Balaban J connectivity index is 2.00. The zero-order chi connectivity index (χ0) is 15.3. The van der Waals surface area contributed by atoms with Gasteiger partial charge in [0.2, 0.25) is 0 Å². The van der Waals surface area contributed by atoms with Crippen LogP contribution in [0.4, 0.5) is 0 Å². The Kier molecular flexibility index (Phi) is 5.83. The first-order valence-electron chi connectivity index (χ1n) is 8.32. The molecule has 1 saturated carbocycles. The van der Waals surface area contributed by atoms with Gasteiger partial charge in [-0.2, -0.15) is 0 Å². The van der Waals surface area contributed by atoms with Crippen molar-refractivity contribution in [2.24, 2.45) is 5.41 Å². The molecule has 0 bridgehead atoms. The summed E-state index contributed by atoms with van der Waals surface area (Å²) in [4.78, 5) is 0. The van der Waals surface area contributed by atoms with E-state index in [9.17, 15) is 0 Å². The second-order valence-corrected chi connectivity index (χ2v) is 7.60. The highest BCUT2D eigenvalue weighted by Gasteiger charge is 2.26. The highest BCUT2D eigenvalue weighted by Crippen LogP contribution is 2.31. The average molecular weight is 289 g/mol. The van der Waals surface area contributed by atoms with Crippen LogP contribution < -0.4 is 5.32 Å². The molecule has 1 aliphatic rings. The van der Waals surface area contributed by atoms with E-state index in [1.54, 1.807) is 0 Å². The molecule has 1 unspecified atom stereocenters. The molecule has 2 rings (SSSR count). The molecular formula is C19H31NO. The number of hydrogen-bond acceptors (Lipinski definition) is 2. The zero-order valence-electron chi connectivity index (χ0n) is 14.1. The van der Waals surface area contributed by atoms with Gasteiger partial charge in [0.15, 0.2) is 0 Å². The lowest BCUT2D eigenvalue weighted by molar-refractivity contribution is 0.0602. The van der Waals surface area contributed by atoms with Crippen LogP contribution in [0.1, 0.15) is 64.5 Å². The van der Waals surface area contributed by atoms with E-state index < -0.39 is 0 Å². The van der Waals surface area contributed by atoms with E-state index in [0.29, 0.717) is 23.6 Å². The van der Waals surface area contributed by atoms with Crippen molar-refractivity contribution >= 4 is 0 Å². The van der Waals surface area contributed by atoms with E-state index in [1.165, 1.54) is 37.7 Å². The van der Waals surface area contributed by atoms with Crippen molar-refractivity contribution in [2.45, 2.75) is 71.1 Å². The first-order valence-corrected chi connectivity index (χ1v) is 8.32. The Morgan fingerprint density at radius 1 is 1.10 bits per heavy atom. The van der Waals surface area contributed by atoms with Gasteiger partial charge in [-0.05, 0) is 43.1 Å². The molecule has 1 aliphatic carbocycles. The molecule has 0 heterocycles. The first-order chi connectivity index (χ1) is 9.98. The molecule has 0 radical (unpaired) electrons. The fraction of sp³-hybridized carbons (Fsp3) is 0.684. The maximum atomic E-state index is 5.48. The molecule has 1 atom stereocenters. The topological polar surface area (TPSA) is 21.3 Å². The first kappa shape index (κ1) is 16.5. The van der Waals surface area contributed by atoms with Gasteiger partial charge in [0, 0.05) is 19.2 Å². The van der Waals surface area contributed by atoms with Crippen LogP contribution in [0.5, 0.6) is 0 Å². The molecule has 118 valence electrons. The molecule has 0 amide bonds. The number of nitrogens with one attached hydrogen (secondary N) is 1. The summed E-state index contributed by atoms with van der Waals surface area (Å²) in [7, 11) is 1.84. The minimum absolute atomic E-state index is 0.331. The highest BCUT2D eigenvalue weighted by molar-refractivity contribution is 5.19. The average Bonchev–Trinajstić information content (AvgIpc) is 2.47. The summed E-state index contributed by atoms with van der Waals surface area (Å²) in [6, 6.07) is 12.0. The molecule has 0 aromatic heterocycles. The summed E-state index contributed by atoms with van der Waals surface area (Å²) in [5.41, 5.74) is 1.75. The van der Waals surface area contributed by atoms with Gasteiger partial charge in [-0.1, -0.05) is 51.1 Å². The Hall–Kier alpha value is -0.860. The van der Waals surface area contributed by atoms with Gasteiger partial charge in [-0.25, -0.2) is 0 Å². The van der Waals surface area contributed by atoms with E-state index in [-0.39, 0.29) is 0 Å². The van der Waals surface area contributed by atoms with E-state index in [0.717, 1.165) is 0 Å². The van der Waals surface area contributed by atoms with Crippen LogP contribution in [0.15, 0.2) is 30.3 Å². The third-order valence-corrected chi connectivity index (χ3v) is 4.46. The summed E-state index contributed by atoms with van der Waals surface area (Å²) in [5, 5.41) is 3.92. The number of benzene rings is 1. The maximum absolute atomic E-state index is 5.48. The predicted octanol–water partition coefficient (Wildman–Crippen LogP) is 4.71. The Morgan fingerprint density at radius 2 is 1.71 bits per heavy atom. The molecule has 1 aromatic carbocycles. The van der Waals surface area contributed by atoms with Crippen LogP contribution in [0.3, 0.4) is 0 Å². The van der Waals surface area contributed by atoms with E-state index >= 15 is 0 Å². The Morgan fingerprint density at radius 3 is 2.24 bits per heavy atom. The van der Waals surface area contributed by atoms with Crippen molar-refractivity contribution in [2.75, 3.05) is 7.11 Å². The van der Waals surface area contributed by atoms with Crippen LogP contribution in [0, 0.1) is 5.41 Å². The summed E-state index contributed by atoms with van der Waals surface area (Å²) >= 11 is 0. The molecule has 0 aliphatic heterocycles. The molecule has 1 fully saturated rings. The summed E-state index contributed by atoms with van der Waals surface area (Å²) < 4.78 is 5.48. The van der Waals surface area contributed by atoms with Crippen LogP contribution in [-0.2, 0) is 4.74 Å². The summed E-state index contributed by atoms with van der Waals surface area (Å²) in [5.74, 6) is 0. The molecule has 2 heteroatoms. The van der Waals surface area contributed by atoms with E-state index in [2.05, 4.69) is 56.4 Å². The molecule has 0 spiro atoms. The SMILES string of the molecule is COC1CCC(NC(CC(C)(C)C)c2ccccc2)CC1. The van der Waals surface area contributed by atoms with Gasteiger partial charge in [-0.3, -0.25) is 0 Å². The van der Waals surface area contributed by atoms with E-state index in [4.69, 9.17) is 4.74 Å². The third kappa shape index (κ3) is 5.44. The Bertz CT molecular complexity index is 401. The normalized spacial score (nSPS) is 24.8. The fourth-order valence-corrected chi connectivity index (χ4v) is 3.32. The van der Waals surface area contributed by atoms with Crippen molar-refractivity contribution < 1.29 is 4.74 Å². The molecule has 21 heavy (non-hydrogen) atoms. The van der Waals surface area contributed by atoms with E-state index in [1.807, 2.05) is 7.11 Å². The second-order valence-electron chi connectivity index (χ2n) is 7.60. The van der Waals surface area contributed by atoms with Gasteiger partial charge in [0.1, 0.15) is 0 Å². The van der Waals surface area contributed by atoms with Crippen molar-refractivity contribution in [1.82, 2.24) is 5.32 Å². The van der Waals surface area contributed by atoms with Gasteiger partial charge < -0.3 is 10.1 Å². The number of rotatable bonds is 5. The number of methoxy groups -OCH3 is 1. The van der Waals surface area contributed by atoms with Gasteiger partial charge in [0.05, 0.1) is 6.10 Å². The van der Waals surface area contributed by atoms with Crippen molar-refractivity contribution in [3.05, 3.63) is 35.9 Å². The maximum Gasteiger partial charge on any atom is 0.0572 e. The minimum atomic E-state index is 0.331. The van der Waals surface area contributed by atoms with Crippen molar-refractivity contribution in [1.29, 1.82) is 0 Å². The predicted molar refractivity (Wildman–Crippen MR) is 89.4 cm³/mol. The summed E-state index contributed by atoms with van der Waals surface area (Å²) in [6.45, 7) is 6.98. The van der Waals surface area contributed by atoms with Crippen LogP contribution in [0.2, 0.25) is 0 Å². The lowest BCUT2D eigenvalue weighted by atomic mass is 9.84. The quantitative estimate of drug-likeness (QED) is 0.847. The molecule has 0 saturated heterocycles. The van der Waals surface area contributed by atoms with Crippen molar-refractivity contribution in [3.63, 3.8) is 0 Å². The number of hydrogen-bond donors (Lipinski definition) is 1. The molecule has 1 aromatic rings. The standard InChI is InChI=1S/C19H31NO/c1-19(2,3)14-18(15-8-6-5-7-9-15)20-16-10-12-17(21-4)13-11-16/h5-9,16-18,20H,10-14H2,1-4H3. The molecule has 2 nitrogen and oxygen atoms in total. The fourth-order valence-electron chi connectivity index (χ4n) is 3.32. The lowest BCUT2D eigenvalue weighted by Crippen LogP contribution is -2.38. The monoisotopic (exact) mass is 289 g/mol. The molecular weight excluding hydrogens is 258 g/mol. The summed E-state index contributed by atoms with van der Waals surface area (Å²) in [6.07, 6.45) is 6.47. The van der Waals surface area contributed by atoms with Crippen LogP contribution in [0.25, 0.3) is 0 Å². The second kappa shape index (κ2) is 7.42. The molecule has 1 N–H and O–H groups in total. The third-order valence-electron chi connectivity index (χ3n) is 4.46. The lowest BCUT2D eigenvalue weighted by Gasteiger charge is -2.34. The van der Waals surface area contributed by atoms with Gasteiger partial charge >= 0.3 is 0 Å². The number of ether oxygens (including phenoxy) is 1. The highest BCUT2D eigenvalue weighted by atomic mass is 16.5. The van der Waals surface area contributed by atoms with Crippen molar-refractivity contribution in [3.8, 4) is 0 Å². The zero-order valence-corrected chi connectivity index (χ0v) is 14.1. The van der Waals surface area contributed by atoms with Crippen LogP contribution in [-0.4, -0.2) is 19.3 Å². The minimum Gasteiger partial charge on any atom is -0.381 e.